The molecule has 1 aromatic carbocycles. The van der Waals surface area contributed by atoms with Crippen molar-refractivity contribution in [2.75, 3.05) is 18.4 Å². The average Bonchev–Trinajstić information content (AvgIpc) is 2.87. The number of nitro groups is 1. The second kappa shape index (κ2) is 5.82. The highest BCUT2D eigenvalue weighted by Gasteiger charge is 2.42. The fourth-order valence-corrected chi connectivity index (χ4v) is 2.51. The number of nitrogens with one attached hydrogen (secondary N) is 1. The van der Waals surface area contributed by atoms with Crippen LogP contribution in [0.3, 0.4) is 0 Å². The lowest BCUT2D eigenvalue weighted by atomic mass is 9.90. The van der Waals surface area contributed by atoms with Crippen LogP contribution in [0.5, 0.6) is 0 Å². The van der Waals surface area contributed by atoms with Crippen LogP contribution in [0, 0.1) is 28.3 Å². The quantitative estimate of drug-likeness (QED) is 0.654. The number of halogens is 1. The Morgan fingerprint density at radius 3 is 2.65 bits per heavy atom. The molecule has 0 aliphatic carbocycles. The molecule has 1 unspecified atom stereocenters. The Hall–Kier alpha value is -2.71. The Balaban J connectivity index is 2.20. The van der Waals surface area contributed by atoms with E-state index in [0.717, 1.165) is 12.1 Å². The van der Waals surface area contributed by atoms with Crippen molar-refractivity contribution in [3.05, 3.63) is 33.6 Å². The third-order valence-corrected chi connectivity index (χ3v) is 4.09. The summed E-state index contributed by atoms with van der Waals surface area (Å²) in [6.07, 6.45) is 0.284. The summed E-state index contributed by atoms with van der Waals surface area (Å²) in [5.41, 5.74) is -1.62. The number of carbonyl (C=O) groups is 2. The lowest BCUT2D eigenvalue weighted by Gasteiger charge is -2.21. The first-order valence-electron chi connectivity index (χ1n) is 6.88. The van der Waals surface area contributed by atoms with Gasteiger partial charge in [-0.05, 0) is 26.3 Å². The van der Waals surface area contributed by atoms with Gasteiger partial charge in [0.25, 0.3) is 5.69 Å². The molecule has 1 saturated heterocycles. The van der Waals surface area contributed by atoms with Gasteiger partial charge in [-0.25, -0.2) is 9.18 Å². The van der Waals surface area contributed by atoms with Crippen LogP contribution in [-0.2, 0) is 4.79 Å². The number of anilines is 1. The molecular weight excluding hydrogens is 309 g/mol. The van der Waals surface area contributed by atoms with Gasteiger partial charge in [-0.3, -0.25) is 14.9 Å². The molecule has 8 nitrogen and oxygen atoms in total. The predicted molar refractivity (Wildman–Crippen MR) is 78.7 cm³/mol. The summed E-state index contributed by atoms with van der Waals surface area (Å²) in [6, 6.07) is 1.25. The highest BCUT2D eigenvalue weighted by atomic mass is 19.1. The fraction of sp³-hybridized carbons (Fsp3) is 0.429. The van der Waals surface area contributed by atoms with E-state index >= 15 is 0 Å². The van der Waals surface area contributed by atoms with E-state index in [9.17, 15) is 24.1 Å². The molecule has 0 saturated carbocycles. The van der Waals surface area contributed by atoms with Gasteiger partial charge >= 0.3 is 12.0 Å². The summed E-state index contributed by atoms with van der Waals surface area (Å²) in [5, 5.41) is 22.3. The number of nitrogens with zero attached hydrogens (tertiary/aromatic N) is 2. The monoisotopic (exact) mass is 325 g/mol. The Morgan fingerprint density at radius 1 is 1.48 bits per heavy atom. The molecule has 2 amide bonds. The number of rotatable bonds is 3. The molecule has 0 radical (unpaired) electrons. The molecule has 1 heterocycles. The van der Waals surface area contributed by atoms with Gasteiger partial charge in [-0.15, -0.1) is 0 Å². The molecule has 124 valence electrons. The molecule has 0 spiro atoms. The molecule has 2 rings (SSSR count). The Morgan fingerprint density at radius 2 is 2.13 bits per heavy atom. The van der Waals surface area contributed by atoms with E-state index in [-0.39, 0.29) is 36.4 Å². The Kier molecular flexibility index (Phi) is 4.22. The van der Waals surface area contributed by atoms with Gasteiger partial charge in [-0.1, -0.05) is 0 Å². The minimum atomic E-state index is -1.05. The molecule has 2 N–H and O–H groups in total. The van der Waals surface area contributed by atoms with Crippen LogP contribution in [0.1, 0.15) is 18.9 Å². The molecule has 1 aromatic rings. The highest BCUT2D eigenvalue weighted by molar-refractivity contribution is 5.92. The zero-order valence-electron chi connectivity index (χ0n) is 12.6. The molecule has 1 fully saturated rings. The number of likely N-dealkylation sites (tertiary alicyclic amines) is 1. The van der Waals surface area contributed by atoms with Crippen LogP contribution in [-0.4, -0.2) is 40.0 Å². The average molecular weight is 325 g/mol. The van der Waals surface area contributed by atoms with E-state index in [4.69, 9.17) is 5.11 Å². The van der Waals surface area contributed by atoms with Crippen LogP contribution >= 0.6 is 0 Å². The number of benzene rings is 1. The number of hydrogen-bond acceptors (Lipinski definition) is 4. The van der Waals surface area contributed by atoms with Gasteiger partial charge in [0.2, 0.25) is 0 Å². The third kappa shape index (κ3) is 3.08. The predicted octanol–water partition coefficient (Wildman–Crippen LogP) is 2.37. The zero-order chi connectivity index (χ0) is 17.4. The van der Waals surface area contributed by atoms with Gasteiger partial charge in [0, 0.05) is 19.2 Å². The summed E-state index contributed by atoms with van der Waals surface area (Å²) >= 11 is 0. The van der Waals surface area contributed by atoms with Crippen molar-refractivity contribution >= 4 is 23.4 Å². The lowest BCUT2D eigenvalue weighted by molar-refractivity contribution is -0.385. The van der Waals surface area contributed by atoms with Crippen molar-refractivity contribution < 1.29 is 24.0 Å². The van der Waals surface area contributed by atoms with E-state index < -0.39 is 28.2 Å². The van der Waals surface area contributed by atoms with Crippen molar-refractivity contribution in [1.82, 2.24) is 4.90 Å². The molecule has 1 aliphatic rings. The Bertz CT molecular complexity index is 693. The molecule has 0 bridgehead atoms. The van der Waals surface area contributed by atoms with E-state index in [1.807, 2.05) is 0 Å². The van der Waals surface area contributed by atoms with Crippen LogP contribution in [0.15, 0.2) is 12.1 Å². The highest BCUT2D eigenvalue weighted by Crippen LogP contribution is 2.32. The van der Waals surface area contributed by atoms with E-state index in [0.29, 0.717) is 0 Å². The molecule has 23 heavy (non-hydrogen) atoms. The van der Waals surface area contributed by atoms with E-state index in [1.165, 1.54) is 18.7 Å². The first-order chi connectivity index (χ1) is 10.7. The van der Waals surface area contributed by atoms with Crippen LogP contribution in [0.25, 0.3) is 0 Å². The SMILES string of the molecule is Cc1c([N+](=O)[O-])ccc(F)c1NC(=O)N1CCC(C)(C(=O)O)C1. The van der Waals surface area contributed by atoms with Crippen molar-refractivity contribution in [2.24, 2.45) is 5.41 Å². The number of nitro benzene ring substituents is 1. The number of carbonyl (C=O) groups excluding carboxylic acids is 1. The summed E-state index contributed by atoms with van der Waals surface area (Å²) in [5.74, 6) is -1.80. The van der Waals surface area contributed by atoms with Crippen molar-refractivity contribution in [1.29, 1.82) is 0 Å². The maximum absolute atomic E-state index is 13.9. The van der Waals surface area contributed by atoms with Crippen LogP contribution in [0.4, 0.5) is 20.6 Å². The van der Waals surface area contributed by atoms with Crippen molar-refractivity contribution in [3.63, 3.8) is 0 Å². The van der Waals surface area contributed by atoms with E-state index in [1.54, 1.807) is 0 Å². The first kappa shape index (κ1) is 16.7. The topological polar surface area (TPSA) is 113 Å². The van der Waals surface area contributed by atoms with Gasteiger partial charge in [0.15, 0.2) is 0 Å². The molecule has 0 aromatic heterocycles. The third-order valence-electron chi connectivity index (χ3n) is 4.09. The van der Waals surface area contributed by atoms with Crippen LogP contribution < -0.4 is 5.32 Å². The molecule has 1 aliphatic heterocycles. The minimum Gasteiger partial charge on any atom is -0.481 e. The minimum absolute atomic E-state index is 0.00328. The summed E-state index contributed by atoms with van der Waals surface area (Å²) in [4.78, 5) is 34.9. The second-order valence-electron chi connectivity index (χ2n) is 5.79. The van der Waals surface area contributed by atoms with Crippen LogP contribution in [0.2, 0.25) is 0 Å². The molecular formula is C14H16FN3O5. The van der Waals surface area contributed by atoms with Crippen molar-refractivity contribution in [2.45, 2.75) is 20.3 Å². The fourth-order valence-electron chi connectivity index (χ4n) is 2.51. The van der Waals surface area contributed by atoms with Gasteiger partial charge in [0.1, 0.15) is 5.82 Å². The number of carboxylic acid groups (broad SMARTS) is 1. The number of aliphatic carboxylic acids is 1. The number of amides is 2. The van der Waals surface area contributed by atoms with Gasteiger partial charge in [-0.2, -0.15) is 0 Å². The Labute approximate surface area is 131 Å². The lowest BCUT2D eigenvalue weighted by Crippen LogP contribution is -2.37. The van der Waals surface area contributed by atoms with Gasteiger partial charge in [0.05, 0.1) is 21.6 Å². The normalized spacial score (nSPS) is 20.4. The summed E-state index contributed by atoms with van der Waals surface area (Å²) in [7, 11) is 0. The molecule has 9 heteroatoms. The zero-order valence-corrected chi connectivity index (χ0v) is 12.6. The summed E-state index contributed by atoms with van der Waals surface area (Å²) in [6.45, 7) is 3.07. The smallest absolute Gasteiger partial charge is 0.321 e. The number of carboxylic acids is 1. The first-order valence-corrected chi connectivity index (χ1v) is 6.88. The molecule has 1 atom stereocenters. The maximum Gasteiger partial charge on any atom is 0.321 e. The second-order valence-corrected chi connectivity index (χ2v) is 5.79. The largest absolute Gasteiger partial charge is 0.481 e. The van der Waals surface area contributed by atoms with E-state index in [2.05, 4.69) is 5.32 Å². The number of hydrogen-bond donors (Lipinski definition) is 2. The number of urea groups is 1. The maximum atomic E-state index is 13.9. The summed E-state index contributed by atoms with van der Waals surface area (Å²) < 4.78 is 13.9. The van der Waals surface area contributed by atoms with Gasteiger partial charge < -0.3 is 15.3 Å². The van der Waals surface area contributed by atoms with Crippen molar-refractivity contribution in [3.8, 4) is 0 Å². The standard InChI is InChI=1S/C14H16FN3O5/c1-8-10(18(22)23)4-3-9(15)11(8)16-13(21)17-6-5-14(2,7-17)12(19)20/h3-4H,5-7H2,1-2H3,(H,16,21)(H,19,20).